The number of nitrogens with zero attached hydrogens (tertiary/aromatic N) is 3. The fourth-order valence-electron chi connectivity index (χ4n) is 3.39. The maximum Gasteiger partial charge on any atom is 0.260 e. The molecule has 2 aromatic carbocycles. The van der Waals surface area contributed by atoms with Crippen LogP contribution in [0.4, 0.5) is 5.69 Å². The molecule has 0 bridgehead atoms. The Bertz CT molecular complexity index is 986. The Kier molecular flexibility index (Phi) is 7.40. The highest BCUT2D eigenvalue weighted by Gasteiger charge is 2.23. The largest absolute Gasteiger partial charge is 0.495 e. The number of carbonyl (C=O) groups is 1. The van der Waals surface area contributed by atoms with Gasteiger partial charge in [0.2, 0.25) is 10.0 Å². The highest BCUT2D eigenvalue weighted by molar-refractivity contribution is 7.88. The lowest BCUT2D eigenvalue weighted by Crippen LogP contribution is -2.50. The topological polar surface area (TPSA) is 79.4 Å². The summed E-state index contributed by atoms with van der Waals surface area (Å²) in [5.41, 5.74) is 1.88. The van der Waals surface area contributed by atoms with Crippen LogP contribution in [-0.2, 0) is 21.4 Å². The van der Waals surface area contributed by atoms with E-state index in [0.717, 1.165) is 30.1 Å². The monoisotopic (exact) mass is 447 g/mol. The van der Waals surface area contributed by atoms with Crippen molar-refractivity contribution in [1.29, 1.82) is 0 Å². The Morgan fingerprint density at radius 3 is 2.29 bits per heavy atom. The number of benzene rings is 2. The molecule has 8 nitrogen and oxygen atoms in total. The Morgan fingerprint density at radius 2 is 1.68 bits per heavy atom. The summed E-state index contributed by atoms with van der Waals surface area (Å²) >= 11 is 0. The highest BCUT2D eigenvalue weighted by atomic mass is 32.2. The number of amides is 1. The van der Waals surface area contributed by atoms with Gasteiger partial charge in [-0.3, -0.25) is 4.79 Å². The number of anilines is 1. The Balaban J connectivity index is 1.47. The van der Waals surface area contributed by atoms with Gasteiger partial charge in [-0.25, -0.2) is 12.7 Å². The normalized spacial score (nSPS) is 14.6. The van der Waals surface area contributed by atoms with Crippen LogP contribution in [0.25, 0.3) is 0 Å². The standard InChI is InChI=1S/C22H29N3O5S/c1-23(31(3,27)28)16-18-8-10-19(11-9-18)30-17-22(26)25-14-12-24(13-15-25)20-6-4-5-7-21(20)29-2/h4-11H,12-17H2,1-3H3. The summed E-state index contributed by atoms with van der Waals surface area (Å²) in [5.74, 6) is 1.35. The average molecular weight is 448 g/mol. The third kappa shape index (κ3) is 6.11. The molecule has 0 N–H and O–H groups in total. The molecule has 168 valence electrons. The predicted molar refractivity (Wildman–Crippen MR) is 120 cm³/mol. The number of para-hydroxylation sites is 2. The van der Waals surface area contributed by atoms with Crippen LogP contribution in [-0.4, -0.2) is 76.7 Å². The van der Waals surface area contributed by atoms with Crippen LogP contribution in [0.2, 0.25) is 0 Å². The molecule has 1 saturated heterocycles. The number of hydrogen-bond donors (Lipinski definition) is 0. The number of sulfonamides is 1. The molecule has 0 atom stereocenters. The molecule has 3 rings (SSSR count). The van der Waals surface area contributed by atoms with E-state index < -0.39 is 10.0 Å². The van der Waals surface area contributed by atoms with E-state index in [9.17, 15) is 13.2 Å². The fraction of sp³-hybridized carbons (Fsp3) is 0.409. The summed E-state index contributed by atoms with van der Waals surface area (Å²) in [7, 11) is -0.0364. The van der Waals surface area contributed by atoms with Crippen molar-refractivity contribution in [2.45, 2.75) is 6.54 Å². The van der Waals surface area contributed by atoms with Gasteiger partial charge in [-0.2, -0.15) is 0 Å². The van der Waals surface area contributed by atoms with Crippen molar-refractivity contribution in [3.05, 3.63) is 54.1 Å². The Labute approximate surface area is 184 Å². The molecule has 1 fully saturated rings. The van der Waals surface area contributed by atoms with E-state index in [-0.39, 0.29) is 19.1 Å². The van der Waals surface area contributed by atoms with E-state index in [0.29, 0.717) is 18.8 Å². The maximum atomic E-state index is 12.5. The number of hydrogen-bond acceptors (Lipinski definition) is 6. The van der Waals surface area contributed by atoms with Crippen LogP contribution in [0.5, 0.6) is 11.5 Å². The molecule has 0 unspecified atom stereocenters. The van der Waals surface area contributed by atoms with Crippen LogP contribution in [0.15, 0.2) is 48.5 Å². The number of methoxy groups -OCH3 is 1. The predicted octanol–water partition coefficient (Wildman–Crippen LogP) is 1.81. The lowest BCUT2D eigenvalue weighted by atomic mass is 10.2. The minimum absolute atomic E-state index is 0.0305. The summed E-state index contributed by atoms with van der Waals surface area (Å²) in [6.07, 6.45) is 1.17. The second-order valence-corrected chi connectivity index (χ2v) is 9.58. The first-order valence-electron chi connectivity index (χ1n) is 10.1. The third-order valence-electron chi connectivity index (χ3n) is 5.32. The molecule has 0 aromatic heterocycles. The van der Waals surface area contributed by atoms with Crippen LogP contribution >= 0.6 is 0 Å². The SMILES string of the molecule is COc1ccccc1N1CCN(C(=O)COc2ccc(CN(C)S(C)(=O)=O)cc2)CC1. The second-order valence-electron chi connectivity index (χ2n) is 7.49. The lowest BCUT2D eigenvalue weighted by Gasteiger charge is -2.36. The molecule has 1 aliphatic heterocycles. The van der Waals surface area contributed by atoms with Gasteiger partial charge in [0, 0.05) is 39.8 Å². The third-order valence-corrected chi connectivity index (χ3v) is 6.58. The zero-order chi connectivity index (χ0) is 22.4. The molecule has 1 aliphatic rings. The van der Waals surface area contributed by atoms with E-state index in [1.165, 1.54) is 17.6 Å². The van der Waals surface area contributed by atoms with Gasteiger partial charge in [0.1, 0.15) is 11.5 Å². The molecular weight excluding hydrogens is 418 g/mol. The number of ether oxygens (including phenoxy) is 2. The maximum absolute atomic E-state index is 12.5. The second kappa shape index (κ2) is 10.0. The van der Waals surface area contributed by atoms with Crippen molar-refractivity contribution in [3.63, 3.8) is 0 Å². The Hall–Kier alpha value is -2.78. The van der Waals surface area contributed by atoms with Crippen LogP contribution in [0.1, 0.15) is 5.56 Å². The molecule has 0 radical (unpaired) electrons. The zero-order valence-electron chi connectivity index (χ0n) is 18.2. The summed E-state index contributed by atoms with van der Waals surface area (Å²) in [4.78, 5) is 16.6. The first kappa shape index (κ1) is 22.9. The minimum atomic E-state index is -3.23. The summed E-state index contributed by atoms with van der Waals surface area (Å²) in [6, 6.07) is 15.0. The molecule has 2 aromatic rings. The minimum Gasteiger partial charge on any atom is -0.495 e. The van der Waals surface area contributed by atoms with Gasteiger partial charge < -0.3 is 19.3 Å². The van der Waals surface area contributed by atoms with Crippen molar-refractivity contribution in [2.75, 3.05) is 58.1 Å². The smallest absolute Gasteiger partial charge is 0.260 e. The summed E-state index contributed by atoms with van der Waals surface area (Å²) in [5, 5.41) is 0. The zero-order valence-corrected chi connectivity index (χ0v) is 19.0. The van der Waals surface area contributed by atoms with Gasteiger partial charge >= 0.3 is 0 Å². The molecule has 9 heteroatoms. The molecular formula is C22H29N3O5S. The fourth-order valence-corrected chi connectivity index (χ4v) is 3.77. The van der Waals surface area contributed by atoms with Crippen molar-refractivity contribution < 1.29 is 22.7 Å². The molecule has 31 heavy (non-hydrogen) atoms. The van der Waals surface area contributed by atoms with Gasteiger partial charge in [0.15, 0.2) is 6.61 Å². The van der Waals surface area contributed by atoms with Crippen molar-refractivity contribution in [2.24, 2.45) is 0 Å². The first-order chi connectivity index (χ1) is 14.8. The summed E-state index contributed by atoms with van der Waals surface area (Å²) in [6.45, 7) is 2.96. The summed E-state index contributed by atoms with van der Waals surface area (Å²) < 4.78 is 35.4. The lowest BCUT2D eigenvalue weighted by molar-refractivity contribution is -0.133. The Morgan fingerprint density at radius 1 is 1.03 bits per heavy atom. The number of piperazine rings is 1. The quantitative estimate of drug-likeness (QED) is 0.614. The van der Waals surface area contributed by atoms with Crippen molar-refractivity contribution in [3.8, 4) is 11.5 Å². The van der Waals surface area contributed by atoms with E-state index in [2.05, 4.69) is 4.90 Å². The van der Waals surface area contributed by atoms with E-state index >= 15 is 0 Å². The number of carbonyl (C=O) groups excluding carboxylic acids is 1. The molecule has 0 saturated carbocycles. The molecule has 1 amide bonds. The van der Waals surface area contributed by atoms with Gasteiger partial charge in [0.25, 0.3) is 5.91 Å². The van der Waals surface area contributed by atoms with Gasteiger partial charge in [-0.05, 0) is 29.8 Å². The van der Waals surface area contributed by atoms with Crippen LogP contribution in [0, 0.1) is 0 Å². The van der Waals surface area contributed by atoms with Crippen LogP contribution < -0.4 is 14.4 Å². The average Bonchev–Trinajstić information content (AvgIpc) is 2.78. The van der Waals surface area contributed by atoms with E-state index in [1.54, 1.807) is 36.3 Å². The van der Waals surface area contributed by atoms with E-state index in [1.807, 2.05) is 24.3 Å². The number of rotatable bonds is 8. The van der Waals surface area contributed by atoms with E-state index in [4.69, 9.17) is 9.47 Å². The molecule has 1 heterocycles. The molecule has 0 aliphatic carbocycles. The molecule has 0 spiro atoms. The van der Waals surface area contributed by atoms with Gasteiger partial charge in [0.05, 0.1) is 19.1 Å². The van der Waals surface area contributed by atoms with Crippen molar-refractivity contribution >= 4 is 21.6 Å². The highest BCUT2D eigenvalue weighted by Crippen LogP contribution is 2.28. The van der Waals surface area contributed by atoms with Crippen molar-refractivity contribution in [1.82, 2.24) is 9.21 Å². The van der Waals surface area contributed by atoms with Gasteiger partial charge in [-0.15, -0.1) is 0 Å². The van der Waals surface area contributed by atoms with Crippen LogP contribution in [0.3, 0.4) is 0 Å². The van der Waals surface area contributed by atoms with Gasteiger partial charge in [-0.1, -0.05) is 24.3 Å². The first-order valence-corrected chi connectivity index (χ1v) is 11.9.